The highest BCUT2D eigenvalue weighted by atomic mass is 16.5. The Kier molecular flexibility index (Phi) is 23.3. The predicted molar refractivity (Wildman–Crippen MR) is 191 cm³/mol. The minimum absolute atomic E-state index is 0.0103. The van der Waals surface area contributed by atoms with E-state index in [-0.39, 0.29) is 23.8 Å². The summed E-state index contributed by atoms with van der Waals surface area (Å²) in [4.78, 5) is 25.3. The number of carbonyl (C=O) groups is 2. The van der Waals surface area contributed by atoms with Crippen LogP contribution in [0.4, 0.5) is 5.69 Å². The van der Waals surface area contributed by atoms with E-state index in [2.05, 4.69) is 50.3 Å². The number of aliphatic hydroxyl groups is 1. The summed E-state index contributed by atoms with van der Waals surface area (Å²) >= 11 is 0. The SMILES string of the molecule is C=C(OCc1ccc(CC(C)CC(O)CCC)c(NC(=O)CCNC)c1)C(C)C.C=CCCCCCN1C(=C)C=CC1=O.CC. The lowest BCUT2D eigenvalue weighted by atomic mass is 9.92. The molecule has 1 aromatic rings. The van der Waals surface area contributed by atoms with Crippen molar-refractivity contribution in [2.75, 3.05) is 25.5 Å². The molecule has 0 radical (unpaired) electrons. The van der Waals surface area contributed by atoms with Crippen LogP contribution in [0.25, 0.3) is 0 Å². The molecule has 45 heavy (non-hydrogen) atoms. The first-order valence-corrected chi connectivity index (χ1v) is 16.9. The molecule has 1 aliphatic rings. The molecule has 0 spiro atoms. The number of nitrogens with zero attached hydrogens (tertiary/aromatic N) is 1. The van der Waals surface area contributed by atoms with E-state index >= 15 is 0 Å². The van der Waals surface area contributed by atoms with Crippen LogP contribution >= 0.6 is 0 Å². The van der Waals surface area contributed by atoms with E-state index in [1.54, 1.807) is 17.1 Å². The molecular formula is C38H63N3O4. The summed E-state index contributed by atoms with van der Waals surface area (Å²) in [6.45, 7) is 25.6. The zero-order valence-electron chi connectivity index (χ0n) is 29.4. The van der Waals surface area contributed by atoms with Gasteiger partial charge in [-0.15, -0.1) is 6.58 Å². The van der Waals surface area contributed by atoms with Crippen molar-refractivity contribution in [2.45, 2.75) is 112 Å². The molecule has 1 aromatic carbocycles. The number of hydrogen-bond acceptors (Lipinski definition) is 5. The summed E-state index contributed by atoms with van der Waals surface area (Å²) in [7, 11) is 1.83. The molecule has 254 valence electrons. The number of rotatable bonds is 20. The van der Waals surface area contributed by atoms with Crippen LogP contribution in [0.1, 0.15) is 104 Å². The molecule has 1 heterocycles. The number of benzene rings is 1. The van der Waals surface area contributed by atoms with E-state index in [9.17, 15) is 14.7 Å². The summed E-state index contributed by atoms with van der Waals surface area (Å²) in [5, 5.41) is 16.2. The molecule has 0 aromatic heterocycles. The zero-order valence-corrected chi connectivity index (χ0v) is 29.4. The van der Waals surface area contributed by atoms with Gasteiger partial charge in [0.2, 0.25) is 5.91 Å². The van der Waals surface area contributed by atoms with Crippen molar-refractivity contribution < 1.29 is 19.4 Å². The lowest BCUT2D eigenvalue weighted by Gasteiger charge is -2.19. The van der Waals surface area contributed by atoms with Gasteiger partial charge in [0.05, 0.1) is 11.9 Å². The largest absolute Gasteiger partial charge is 0.494 e. The maximum Gasteiger partial charge on any atom is 0.251 e. The molecule has 0 bridgehead atoms. The van der Waals surface area contributed by atoms with E-state index in [1.165, 1.54) is 0 Å². The van der Waals surface area contributed by atoms with Crippen molar-refractivity contribution in [1.29, 1.82) is 0 Å². The minimum atomic E-state index is -0.265. The van der Waals surface area contributed by atoms with Gasteiger partial charge in [0, 0.05) is 42.9 Å². The highest BCUT2D eigenvalue weighted by Crippen LogP contribution is 2.25. The van der Waals surface area contributed by atoms with Gasteiger partial charge in [-0.05, 0) is 74.8 Å². The van der Waals surface area contributed by atoms with Gasteiger partial charge in [-0.3, -0.25) is 9.59 Å². The van der Waals surface area contributed by atoms with Crippen molar-refractivity contribution in [3.8, 4) is 0 Å². The van der Waals surface area contributed by atoms with Gasteiger partial charge in [-0.25, -0.2) is 0 Å². The van der Waals surface area contributed by atoms with Gasteiger partial charge in [-0.1, -0.05) is 85.8 Å². The molecular weight excluding hydrogens is 562 g/mol. The highest BCUT2D eigenvalue weighted by molar-refractivity contribution is 5.93. The number of aliphatic hydroxyl groups excluding tert-OH is 1. The van der Waals surface area contributed by atoms with Gasteiger partial charge in [0.25, 0.3) is 5.91 Å². The smallest absolute Gasteiger partial charge is 0.251 e. The Morgan fingerprint density at radius 1 is 1.13 bits per heavy atom. The summed E-state index contributed by atoms with van der Waals surface area (Å²) in [6.07, 6.45) is 13.2. The lowest BCUT2D eigenvalue weighted by molar-refractivity contribution is -0.123. The van der Waals surface area contributed by atoms with Crippen LogP contribution in [0, 0.1) is 11.8 Å². The fourth-order valence-electron chi connectivity index (χ4n) is 4.65. The Labute approximate surface area is 274 Å². The van der Waals surface area contributed by atoms with Crippen molar-refractivity contribution >= 4 is 17.5 Å². The van der Waals surface area contributed by atoms with E-state index in [0.717, 1.165) is 86.2 Å². The number of ether oxygens (including phenoxy) is 1. The molecule has 7 nitrogen and oxygen atoms in total. The quantitative estimate of drug-likeness (QED) is 0.0770. The van der Waals surface area contributed by atoms with Gasteiger partial charge in [0.1, 0.15) is 6.61 Å². The number of nitrogens with one attached hydrogen (secondary N) is 2. The first kappa shape index (κ1) is 41.8. The Morgan fingerprint density at radius 2 is 1.84 bits per heavy atom. The summed E-state index contributed by atoms with van der Waals surface area (Å²) in [5.41, 5.74) is 3.74. The fraction of sp³-hybridized carbons (Fsp3) is 0.579. The van der Waals surface area contributed by atoms with Crippen molar-refractivity contribution in [1.82, 2.24) is 10.2 Å². The Morgan fingerprint density at radius 3 is 2.42 bits per heavy atom. The number of hydrogen-bond donors (Lipinski definition) is 3. The van der Waals surface area contributed by atoms with Crippen LogP contribution in [-0.2, 0) is 27.4 Å². The molecule has 0 aliphatic carbocycles. The number of unbranched alkanes of at least 4 members (excludes halogenated alkanes) is 3. The van der Waals surface area contributed by atoms with Crippen LogP contribution < -0.4 is 10.6 Å². The van der Waals surface area contributed by atoms with E-state index in [4.69, 9.17) is 4.74 Å². The first-order valence-electron chi connectivity index (χ1n) is 16.9. The third kappa shape index (κ3) is 18.4. The molecule has 0 fully saturated rings. The van der Waals surface area contributed by atoms with Crippen LogP contribution in [0.5, 0.6) is 0 Å². The van der Waals surface area contributed by atoms with E-state index in [1.807, 2.05) is 53.0 Å². The second kappa shape index (κ2) is 25.1. The third-order valence-electron chi connectivity index (χ3n) is 7.30. The molecule has 3 N–H and O–H groups in total. The molecule has 0 saturated carbocycles. The standard InChI is InChI=1S/C24H40N2O3.C12H17NO.C2H6/c1-7-8-22(27)14-18(4)13-21-10-9-20(16-29-19(5)17(2)3)15-23(21)26-24(28)11-12-25-6;1-3-4-5-6-7-10-13-11(2)8-9-12(13)14;1-2/h9-10,15,17-18,22,25,27H,5,7-8,11-14,16H2,1-4,6H3,(H,26,28);3,8-9H,1-2,4-7,10H2;1-2H3. The average molecular weight is 626 g/mol. The van der Waals surface area contributed by atoms with Crippen molar-refractivity contribution in [3.05, 3.63) is 78.7 Å². The highest BCUT2D eigenvalue weighted by Gasteiger charge is 2.17. The monoisotopic (exact) mass is 625 g/mol. The number of anilines is 1. The molecule has 1 aliphatic heterocycles. The Balaban J connectivity index is 0.00000101. The minimum Gasteiger partial charge on any atom is -0.494 e. The van der Waals surface area contributed by atoms with Gasteiger partial charge in [0.15, 0.2) is 0 Å². The van der Waals surface area contributed by atoms with E-state index < -0.39 is 0 Å². The number of carbonyl (C=O) groups excluding carboxylic acids is 2. The first-order chi connectivity index (χ1) is 21.5. The lowest BCUT2D eigenvalue weighted by Crippen LogP contribution is -2.24. The number of allylic oxidation sites excluding steroid dienone is 3. The van der Waals surface area contributed by atoms with Crippen molar-refractivity contribution in [2.24, 2.45) is 11.8 Å². The van der Waals surface area contributed by atoms with Crippen LogP contribution in [0.2, 0.25) is 0 Å². The topological polar surface area (TPSA) is 90.9 Å². The third-order valence-corrected chi connectivity index (χ3v) is 7.30. The Bertz CT molecular complexity index is 1050. The predicted octanol–water partition coefficient (Wildman–Crippen LogP) is 8.32. The molecule has 2 amide bonds. The molecule has 2 rings (SSSR count). The van der Waals surface area contributed by atoms with Gasteiger partial charge >= 0.3 is 0 Å². The van der Waals surface area contributed by atoms with Crippen molar-refractivity contribution in [3.63, 3.8) is 0 Å². The van der Waals surface area contributed by atoms with Crippen LogP contribution in [0.15, 0.2) is 67.6 Å². The molecule has 2 atom stereocenters. The van der Waals surface area contributed by atoms with Crippen LogP contribution in [0.3, 0.4) is 0 Å². The maximum absolute atomic E-state index is 12.3. The number of amides is 2. The molecule has 0 saturated heterocycles. The Hall–Kier alpha value is -3.16. The fourth-order valence-corrected chi connectivity index (χ4v) is 4.65. The molecule has 7 heteroatoms. The second-order valence-corrected chi connectivity index (χ2v) is 11.7. The average Bonchev–Trinajstić information content (AvgIpc) is 3.33. The maximum atomic E-state index is 12.3. The second-order valence-electron chi connectivity index (χ2n) is 11.7. The van der Waals surface area contributed by atoms with Gasteiger partial charge < -0.3 is 25.4 Å². The van der Waals surface area contributed by atoms with Gasteiger partial charge in [-0.2, -0.15) is 0 Å². The summed E-state index contributed by atoms with van der Waals surface area (Å²) in [6, 6.07) is 6.10. The molecule has 2 unspecified atom stereocenters. The normalized spacial score (nSPS) is 13.4. The zero-order chi connectivity index (χ0) is 34.2. The van der Waals surface area contributed by atoms with E-state index in [0.29, 0.717) is 25.5 Å². The summed E-state index contributed by atoms with van der Waals surface area (Å²) in [5.74, 6) is 1.41. The summed E-state index contributed by atoms with van der Waals surface area (Å²) < 4.78 is 5.76. The van der Waals surface area contributed by atoms with Crippen LogP contribution in [-0.4, -0.2) is 48.1 Å².